The van der Waals surface area contributed by atoms with Crippen molar-refractivity contribution in [1.82, 2.24) is 0 Å². The van der Waals surface area contributed by atoms with E-state index in [9.17, 15) is 4.79 Å². The van der Waals surface area contributed by atoms with Crippen LogP contribution in [0.25, 0.3) is 0 Å². The molecule has 0 aromatic heterocycles. The van der Waals surface area contributed by atoms with Gasteiger partial charge in [-0.2, -0.15) is 0 Å². The number of carboxylic acids is 1. The summed E-state index contributed by atoms with van der Waals surface area (Å²) in [5.74, 6) is -1.01. The van der Waals surface area contributed by atoms with Crippen LogP contribution in [0.4, 0.5) is 0 Å². The summed E-state index contributed by atoms with van der Waals surface area (Å²) in [6.07, 6.45) is 0. The van der Waals surface area contributed by atoms with Gasteiger partial charge in [0, 0.05) is 0 Å². The van der Waals surface area contributed by atoms with E-state index < -0.39 is 17.2 Å². The van der Waals surface area contributed by atoms with E-state index in [1.807, 2.05) is 0 Å². The summed E-state index contributed by atoms with van der Waals surface area (Å²) in [5, 5.41) is 9.21. The molecule has 13 heavy (non-hydrogen) atoms. The molecule has 0 bridgehead atoms. The van der Waals surface area contributed by atoms with E-state index in [1.54, 1.807) is 27.7 Å². The van der Waals surface area contributed by atoms with E-state index >= 15 is 0 Å². The molecule has 0 radical (unpaired) electrons. The van der Waals surface area contributed by atoms with E-state index in [1.165, 1.54) is 0 Å². The highest BCUT2D eigenvalue weighted by atomic mass is 35.5. The molecule has 0 atom stereocenters. The molecule has 1 heterocycles. The van der Waals surface area contributed by atoms with Crippen LogP contribution in [0.1, 0.15) is 27.7 Å². The second kappa shape index (κ2) is 2.72. The van der Waals surface area contributed by atoms with Crippen molar-refractivity contribution in [1.29, 1.82) is 0 Å². The third-order valence-electron chi connectivity index (χ3n) is 2.07. The van der Waals surface area contributed by atoms with Crippen LogP contribution < -0.4 is 0 Å². The van der Waals surface area contributed by atoms with Gasteiger partial charge < -0.3 is 9.84 Å². The molecular weight excluding hydrogens is 192 g/mol. The Bertz CT molecular complexity index is 289. The van der Waals surface area contributed by atoms with Crippen LogP contribution in [-0.2, 0) is 9.53 Å². The fourth-order valence-corrected chi connectivity index (χ4v) is 2.00. The van der Waals surface area contributed by atoms with Gasteiger partial charge in [0.15, 0.2) is 0 Å². The Kier molecular flexibility index (Phi) is 2.21. The number of carbonyl (C=O) groups is 1. The van der Waals surface area contributed by atoms with E-state index in [4.69, 9.17) is 21.4 Å². The molecule has 1 aliphatic rings. The Hall–Kier alpha value is -0.540. The predicted molar refractivity (Wildman–Crippen MR) is 49.8 cm³/mol. The molecule has 0 fully saturated rings. The van der Waals surface area contributed by atoms with Gasteiger partial charge in [-0.1, -0.05) is 11.6 Å². The van der Waals surface area contributed by atoms with Crippen LogP contribution in [0.2, 0.25) is 0 Å². The Labute approximate surface area is 82.3 Å². The topological polar surface area (TPSA) is 46.5 Å². The Morgan fingerprint density at radius 1 is 1.31 bits per heavy atom. The first kappa shape index (κ1) is 10.5. The third kappa shape index (κ3) is 1.58. The number of rotatable bonds is 1. The average molecular weight is 205 g/mol. The minimum absolute atomic E-state index is 0.152. The van der Waals surface area contributed by atoms with Crippen LogP contribution in [0.5, 0.6) is 0 Å². The van der Waals surface area contributed by atoms with Gasteiger partial charge in [-0.05, 0) is 27.7 Å². The summed E-state index contributed by atoms with van der Waals surface area (Å²) in [5.41, 5.74) is -1.36. The first-order valence-electron chi connectivity index (χ1n) is 4.02. The van der Waals surface area contributed by atoms with E-state index in [2.05, 4.69) is 0 Å². The molecule has 74 valence electrons. The quantitative estimate of drug-likeness (QED) is 0.712. The van der Waals surface area contributed by atoms with E-state index in [0.717, 1.165) is 0 Å². The number of ether oxygens (including phenoxy) is 1. The summed E-state index contributed by atoms with van der Waals surface area (Å²) in [7, 11) is 0. The van der Waals surface area contributed by atoms with Gasteiger partial charge in [0.05, 0.1) is 21.8 Å². The highest BCUT2D eigenvalue weighted by Gasteiger charge is 2.47. The summed E-state index contributed by atoms with van der Waals surface area (Å²) >= 11 is 5.92. The molecule has 1 aliphatic heterocycles. The smallest absolute Gasteiger partial charge is 0.335 e. The van der Waals surface area contributed by atoms with E-state index in [0.29, 0.717) is 0 Å². The zero-order chi connectivity index (χ0) is 10.4. The molecule has 0 aromatic carbocycles. The van der Waals surface area contributed by atoms with Crippen molar-refractivity contribution in [2.75, 3.05) is 0 Å². The maximum absolute atomic E-state index is 10.9. The van der Waals surface area contributed by atoms with Crippen molar-refractivity contribution in [2.24, 2.45) is 0 Å². The number of carboxylic acid groups (broad SMARTS) is 1. The normalized spacial score (nSPS) is 25.0. The zero-order valence-corrected chi connectivity index (χ0v) is 8.90. The second-order valence-electron chi connectivity index (χ2n) is 4.12. The highest BCUT2D eigenvalue weighted by Crippen LogP contribution is 2.44. The Balaban J connectivity index is 3.26. The van der Waals surface area contributed by atoms with Crippen molar-refractivity contribution >= 4 is 17.6 Å². The Morgan fingerprint density at radius 2 is 1.77 bits per heavy atom. The molecular formula is C9H13ClO3. The molecule has 0 spiro atoms. The summed E-state index contributed by atoms with van der Waals surface area (Å²) in [4.78, 5) is 10.9. The van der Waals surface area contributed by atoms with Crippen molar-refractivity contribution < 1.29 is 14.6 Å². The van der Waals surface area contributed by atoms with Crippen molar-refractivity contribution in [3.05, 3.63) is 10.6 Å². The highest BCUT2D eigenvalue weighted by molar-refractivity contribution is 6.33. The minimum Gasteiger partial charge on any atom is -0.478 e. The van der Waals surface area contributed by atoms with Crippen LogP contribution in [0.3, 0.4) is 0 Å². The lowest BCUT2D eigenvalue weighted by Gasteiger charge is -2.25. The fourth-order valence-electron chi connectivity index (χ4n) is 1.65. The number of halogens is 1. The molecule has 3 nitrogen and oxygen atoms in total. The third-order valence-corrected chi connectivity index (χ3v) is 2.72. The second-order valence-corrected chi connectivity index (χ2v) is 4.49. The van der Waals surface area contributed by atoms with Crippen molar-refractivity contribution in [3.63, 3.8) is 0 Å². The lowest BCUT2D eigenvalue weighted by Crippen LogP contribution is -2.31. The van der Waals surface area contributed by atoms with Gasteiger partial charge in [0.1, 0.15) is 0 Å². The number of hydrogen-bond donors (Lipinski definition) is 1. The van der Waals surface area contributed by atoms with Gasteiger partial charge in [0.2, 0.25) is 0 Å². The van der Waals surface area contributed by atoms with Crippen molar-refractivity contribution in [3.8, 4) is 0 Å². The van der Waals surface area contributed by atoms with Gasteiger partial charge in [-0.15, -0.1) is 0 Å². The maximum Gasteiger partial charge on any atom is 0.335 e. The standard InChI is InChI=1S/C9H13ClO3/c1-8(2)5(7(11)12)6(10)9(3,4)13-8/h1-4H3,(H,11,12). The number of hydrogen-bond acceptors (Lipinski definition) is 2. The molecule has 0 saturated heterocycles. The monoisotopic (exact) mass is 204 g/mol. The molecule has 1 rings (SSSR count). The minimum atomic E-state index is -1.01. The molecule has 4 heteroatoms. The largest absolute Gasteiger partial charge is 0.478 e. The summed E-state index contributed by atoms with van der Waals surface area (Å²) in [6, 6.07) is 0. The van der Waals surface area contributed by atoms with Gasteiger partial charge in [-0.3, -0.25) is 0 Å². The SMILES string of the molecule is CC1(C)OC(C)(C)C(C(=O)O)=C1Cl. The lowest BCUT2D eigenvalue weighted by atomic mass is 9.98. The number of aliphatic carboxylic acids is 1. The van der Waals surface area contributed by atoms with Crippen LogP contribution in [0, 0.1) is 0 Å². The Morgan fingerprint density at radius 3 is 1.92 bits per heavy atom. The zero-order valence-electron chi connectivity index (χ0n) is 8.14. The molecule has 0 saturated carbocycles. The predicted octanol–water partition coefficient (Wildman–Crippen LogP) is 2.15. The molecule has 0 amide bonds. The molecule has 0 aromatic rings. The van der Waals surface area contributed by atoms with Crippen molar-refractivity contribution in [2.45, 2.75) is 38.9 Å². The van der Waals surface area contributed by atoms with Gasteiger partial charge in [-0.25, -0.2) is 4.79 Å². The summed E-state index contributed by atoms with van der Waals surface area (Å²) in [6.45, 7) is 6.92. The van der Waals surface area contributed by atoms with Gasteiger partial charge >= 0.3 is 5.97 Å². The van der Waals surface area contributed by atoms with Gasteiger partial charge in [0.25, 0.3) is 0 Å². The molecule has 1 N–H and O–H groups in total. The molecule has 0 unspecified atom stereocenters. The van der Waals surface area contributed by atoms with E-state index in [-0.39, 0.29) is 10.6 Å². The van der Waals surface area contributed by atoms with Crippen LogP contribution in [-0.4, -0.2) is 22.3 Å². The average Bonchev–Trinajstić information content (AvgIpc) is 1.96. The van der Waals surface area contributed by atoms with Crippen LogP contribution in [0.15, 0.2) is 10.6 Å². The lowest BCUT2D eigenvalue weighted by molar-refractivity contribution is -0.135. The summed E-state index contributed by atoms with van der Waals surface area (Å²) < 4.78 is 5.54. The fraction of sp³-hybridized carbons (Fsp3) is 0.667. The maximum atomic E-state index is 10.9. The first-order chi connectivity index (χ1) is 5.68. The molecule has 0 aliphatic carbocycles. The first-order valence-corrected chi connectivity index (χ1v) is 4.40. The van der Waals surface area contributed by atoms with Crippen LogP contribution >= 0.6 is 11.6 Å².